The molecule has 190 valence electrons. The number of rotatable bonds is 5. The van der Waals surface area contributed by atoms with Gasteiger partial charge < -0.3 is 4.74 Å². The molecule has 0 spiro atoms. The van der Waals surface area contributed by atoms with Crippen LogP contribution in [0, 0.1) is 6.92 Å². The average Bonchev–Trinajstić information content (AvgIpc) is 3.12. The Morgan fingerprint density at radius 3 is 1.89 bits per heavy atom. The summed E-state index contributed by atoms with van der Waals surface area (Å²) in [6, 6.07) is 10.9. The number of fused-ring (bicyclic) bond motifs is 1. The van der Waals surface area contributed by atoms with Gasteiger partial charge in [-0.2, -0.15) is 0 Å². The monoisotopic (exact) mass is 640 g/mol. The van der Waals surface area contributed by atoms with Crippen LogP contribution in [0.1, 0.15) is 44.8 Å². The summed E-state index contributed by atoms with van der Waals surface area (Å²) in [5.74, 6) is -1.31. The van der Waals surface area contributed by atoms with Gasteiger partial charge in [-0.15, -0.1) is 0 Å². The Balaban J connectivity index is 1.63. The summed E-state index contributed by atoms with van der Waals surface area (Å²) in [4.78, 5) is 43.3. The molecule has 2 atom stereocenters. The van der Waals surface area contributed by atoms with Gasteiger partial charge in [-0.3, -0.25) is 24.2 Å². The summed E-state index contributed by atoms with van der Waals surface area (Å²) in [5, 5.41) is -0.643. The van der Waals surface area contributed by atoms with E-state index in [9.17, 15) is 14.4 Å². The van der Waals surface area contributed by atoms with Crippen molar-refractivity contribution in [1.29, 1.82) is 0 Å². The molecule has 1 fully saturated rings. The maximum atomic E-state index is 13.7. The molecule has 0 saturated carbocycles. The van der Waals surface area contributed by atoms with Crippen LogP contribution >= 0.6 is 62.3 Å². The van der Waals surface area contributed by atoms with Crippen molar-refractivity contribution in [3.8, 4) is 5.75 Å². The van der Waals surface area contributed by atoms with Gasteiger partial charge in [0, 0.05) is 4.47 Å². The highest BCUT2D eigenvalue weighted by Gasteiger charge is 2.58. The molecule has 0 bridgehead atoms. The lowest BCUT2D eigenvalue weighted by Crippen LogP contribution is -2.67. The third-order valence-electron chi connectivity index (χ3n) is 6.37. The number of hydrogen-bond acceptors (Lipinski definition) is 4. The minimum Gasteiger partial charge on any atom is -0.494 e. The fraction of sp³-hybridized carbons (Fsp3) is 0.192. The first-order valence-corrected chi connectivity index (χ1v) is 13.4. The summed E-state index contributed by atoms with van der Waals surface area (Å²) in [6.07, 6.45) is 0. The number of halogens is 5. The maximum Gasteiger partial charge on any atom is 0.264 e. The van der Waals surface area contributed by atoms with E-state index in [1.807, 2.05) is 32.0 Å². The number of anilines is 1. The first kappa shape index (κ1) is 26.3. The highest BCUT2D eigenvalue weighted by molar-refractivity contribution is 9.10. The van der Waals surface area contributed by atoms with E-state index in [0.29, 0.717) is 28.1 Å². The molecule has 6 nitrogen and oxygen atoms in total. The zero-order valence-corrected chi connectivity index (χ0v) is 23.9. The van der Waals surface area contributed by atoms with Crippen LogP contribution in [0.15, 0.2) is 46.9 Å². The number of hydrogen-bond donors (Lipinski definition) is 0. The third-order valence-corrected chi connectivity index (χ3v) is 8.81. The third kappa shape index (κ3) is 4.03. The standard InChI is InChI=1S/C26H17BrCl4N2O4/c1-3-37-13-7-5-12(6-8-13)22-23(26(36)32(22)15-9-4-11(2)10-14(15)27)33-24(34)16-17(25(33)35)19(29)21(31)20(30)18(16)28/h4-10,22-23H,3H2,1-2H3. The van der Waals surface area contributed by atoms with Crippen molar-refractivity contribution in [2.75, 3.05) is 11.5 Å². The number of nitrogens with zero attached hydrogens (tertiary/aromatic N) is 2. The van der Waals surface area contributed by atoms with Crippen molar-refractivity contribution >= 4 is 85.7 Å². The molecule has 11 heteroatoms. The number of ether oxygens (including phenoxy) is 1. The Kier molecular flexibility index (Phi) is 6.96. The molecule has 2 unspecified atom stereocenters. The van der Waals surface area contributed by atoms with Crippen molar-refractivity contribution in [1.82, 2.24) is 4.90 Å². The van der Waals surface area contributed by atoms with Crippen molar-refractivity contribution in [2.45, 2.75) is 25.9 Å². The Morgan fingerprint density at radius 1 is 0.811 bits per heavy atom. The number of benzene rings is 3. The van der Waals surface area contributed by atoms with E-state index in [1.165, 1.54) is 0 Å². The van der Waals surface area contributed by atoms with Gasteiger partial charge in [0.1, 0.15) is 11.8 Å². The second-order valence-corrected chi connectivity index (χ2v) is 10.9. The maximum absolute atomic E-state index is 13.7. The number of carbonyl (C=O) groups is 3. The van der Waals surface area contributed by atoms with Crippen LogP contribution in [0.3, 0.4) is 0 Å². The quantitative estimate of drug-likeness (QED) is 0.125. The molecule has 2 aliphatic heterocycles. The summed E-state index contributed by atoms with van der Waals surface area (Å²) in [6.45, 7) is 4.30. The molecule has 2 aliphatic rings. The smallest absolute Gasteiger partial charge is 0.264 e. The molecular formula is C26H17BrCl4N2O4. The molecule has 3 amide bonds. The molecule has 3 aromatic carbocycles. The molecule has 2 heterocycles. The minimum atomic E-state index is -1.15. The lowest BCUT2D eigenvalue weighted by atomic mass is 9.86. The molecule has 1 saturated heterocycles. The number of carbonyl (C=O) groups excluding carboxylic acids is 3. The van der Waals surface area contributed by atoms with Crippen molar-refractivity contribution in [3.63, 3.8) is 0 Å². The highest BCUT2D eigenvalue weighted by atomic mass is 79.9. The fourth-order valence-corrected chi connectivity index (χ4v) is 6.38. The van der Waals surface area contributed by atoms with E-state index in [1.54, 1.807) is 29.2 Å². The largest absolute Gasteiger partial charge is 0.494 e. The molecular weight excluding hydrogens is 626 g/mol. The second kappa shape index (κ2) is 9.79. The minimum absolute atomic E-state index is 0.136. The lowest BCUT2D eigenvalue weighted by Gasteiger charge is -2.50. The second-order valence-electron chi connectivity index (χ2n) is 8.54. The number of aryl methyl sites for hydroxylation is 1. The molecule has 37 heavy (non-hydrogen) atoms. The molecule has 5 rings (SSSR count). The number of β-lactam (4-membered cyclic amide) rings is 1. The van der Waals surface area contributed by atoms with Gasteiger partial charge in [0.25, 0.3) is 17.7 Å². The molecule has 3 aromatic rings. The molecule has 0 radical (unpaired) electrons. The SMILES string of the molecule is CCOc1ccc(C2C(N3C(=O)c4c(Cl)c(Cl)c(Cl)c(Cl)c4C3=O)C(=O)N2c2ccc(C)cc2Br)cc1. The van der Waals surface area contributed by atoms with Crippen LogP contribution in [0.5, 0.6) is 5.75 Å². The molecule has 0 N–H and O–H groups in total. The zero-order chi connectivity index (χ0) is 26.8. The summed E-state index contributed by atoms with van der Waals surface area (Å²) >= 11 is 28.5. The van der Waals surface area contributed by atoms with Crippen LogP contribution in [-0.4, -0.2) is 35.3 Å². The summed E-state index contributed by atoms with van der Waals surface area (Å²) in [7, 11) is 0. The van der Waals surface area contributed by atoms with Crippen LogP contribution in [0.25, 0.3) is 0 Å². The Morgan fingerprint density at radius 2 is 1.38 bits per heavy atom. The summed E-state index contributed by atoms with van der Waals surface area (Å²) < 4.78 is 6.24. The van der Waals surface area contributed by atoms with Gasteiger partial charge >= 0.3 is 0 Å². The average molecular weight is 643 g/mol. The number of imide groups is 1. The van der Waals surface area contributed by atoms with E-state index < -0.39 is 29.8 Å². The van der Waals surface area contributed by atoms with E-state index in [4.69, 9.17) is 51.1 Å². The normalized spacial score (nSPS) is 18.8. The van der Waals surface area contributed by atoms with Gasteiger partial charge in [0.2, 0.25) is 0 Å². The fourth-order valence-electron chi connectivity index (χ4n) is 4.68. The first-order chi connectivity index (χ1) is 17.6. The van der Waals surface area contributed by atoms with Crippen molar-refractivity contribution < 1.29 is 19.1 Å². The van der Waals surface area contributed by atoms with Crippen molar-refractivity contribution in [2.24, 2.45) is 0 Å². The molecule has 0 aliphatic carbocycles. The first-order valence-electron chi connectivity index (χ1n) is 11.1. The van der Waals surface area contributed by atoms with Gasteiger partial charge in [-0.1, -0.05) is 64.6 Å². The van der Waals surface area contributed by atoms with Gasteiger partial charge in [0.05, 0.1) is 49.6 Å². The van der Waals surface area contributed by atoms with Crippen LogP contribution in [0.4, 0.5) is 5.69 Å². The van der Waals surface area contributed by atoms with E-state index in [-0.39, 0.29) is 31.2 Å². The van der Waals surface area contributed by atoms with Crippen LogP contribution < -0.4 is 9.64 Å². The predicted molar refractivity (Wildman–Crippen MR) is 147 cm³/mol. The van der Waals surface area contributed by atoms with Gasteiger partial charge in [-0.25, -0.2) is 0 Å². The van der Waals surface area contributed by atoms with Crippen LogP contribution in [-0.2, 0) is 4.79 Å². The van der Waals surface area contributed by atoms with E-state index >= 15 is 0 Å². The van der Waals surface area contributed by atoms with Gasteiger partial charge in [-0.05, 0) is 65.2 Å². The highest BCUT2D eigenvalue weighted by Crippen LogP contribution is 2.50. The van der Waals surface area contributed by atoms with Gasteiger partial charge in [0.15, 0.2) is 0 Å². The zero-order valence-electron chi connectivity index (χ0n) is 19.3. The Hall–Kier alpha value is -2.29. The van der Waals surface area contributed by atoms with E-state index in [2.05, 4.69) is 15.9 Å². The van der Waals surface area contributed by atoms with E-state index in [0.717, 1.165) is 10.5 Å². The topological polar surface area (TPSA) is 66.9 Å². The van der Waals surface area contributed by atoms with Crippen molar-refractivity contribution in [3.05, 3.63) is 89.3 Å². The molecule has 0 aromatic heterocycles. The lowest BCUT2D eigenvalue weighted by molar-refractivity contribution is -0.130. The summed E-state index contributed by atoms with van der Waals surface area (Å²) in [5.41, 5.74) is 1.96. The predicted octanol–water partition coefficient (Wildman–Crippen LogP) is 7.52. The Bertz CT molecular complexity index is 1450. The number of amides is 3. The van der Waals surface area contributed by atoms with Crippen LogP contribution in [0.2, 0.25) is 20.1 Å². The Labute approximate surface area is 241 Å².